The van der Waals surface area contributed by atoms with E-state index in [0.717, 1.165) is 17.7 Å². The summed E-state index contributed by atoms with van der Waals surface area (Å²) in [5.41, 5.74) is 0.764. The van der Waals surface area contributed by atoms with Crippen LogP contribution in [-0.2, 0) is 0 Å². The maximum Gasteiger partial charge on any atom is 0.251 e. The van der Waals surface area contributed by atoms with Gasteiger partial charge in [-0.2, -0.15) is 11.8 Å². The Bertz CT molecular complexity index is 366. The van der Waals surface area contributed by atoms with Gasteiger partial charge in [0.2, 0.25) is 0 Å². The predicted molar refractivity (Wildman–Crippen MR) is 73.5 cm³/mol. The van der Waals surface area contributed by atoms with Crippen molar-refractivity contribution in [2.45, 2.75) is 37.5 Å². The molecule has 2 nitrogen and oxygen atoms in total. The molecule has 3 heteroatoms. The van der Waals surface area contributed by atoms with Gasteiger partial charge in [-0.3, -0.25) is 4.79 Å². The highest BCUT2D eigenvalue weighted by molar-refractivity contribution is 7.99. The number of hydrogen-bond acceptors (Lipinski definition) is 2. The van der Waals surface area contributed by atoms with E-state index < -0.39 is 0 Å². The maximum atomic E-state index is 12.0. The zero-order chi connectivity index (χ0) is 12.1. The van der Waals surface area contributed by atoms with Gasteiger partial charge in [0.15, 0.2) is 0 Å². The van der Waals surface area contributed by atoms with Gasteiger partial charge in [-0.1, -0.05) is 31.5 Å². The topological polar surface area (TPSA) is 29.1 Å². The molecule has 0 radical (unpaired) electrons. The molecule has 0 aromatic heterocycles. The van der Waals surface area contributed by atoms with Crippen molar-refractivity contribution < 1.29 is 4.79 Å². The SMILES string of the molecule is CCSC1CCCC1NC(=O)c1ccccc1. The summed E-state index contributed by atoms with van der Waals surface area (Å²) in [6.07, 6.45) is 3.59. The normalized spacial score (nSPS) is 23.6. The van der Waals surface area contributed by atoms with Crippen LogP contribution in [0.5, 0.6) is 0 Å². The van der Waals surface area contributed by atoms with Crippen molar-refractivity contribution >= 4 is 17.7 Å². The van der Waals surface area contributed by atoms with Gasteiger partial charge < -0.3 is 5.32 Å². The molecule has 1 aliphatic rings. The molecule has 1 aliphatic carbocycles. The third-order valence-electron chi connectivity index (χ3n) is 3.19. The number of hydrogen-bond donors (Lipinski definition) is 1. The molecule has 1 fully saturated rings. The molecule has 2 atom stereocenters. The minimum absolute atomic E-state index is 0.0687. The van der Waals surface area contributed by atoms with E-state index in [-0.39, 0.29) is 5.91 Å². The van der Waals surface area contributed by atoms with Crippen LogP contribution in [0.4, 0.5) is 0 Å². The zero-order valence-corrected chi connectivity index (χ0v) is 11.0. The largest absolute Gasteiger partial charge is 0.348 e. The number of carbonyl (C=O) groups is 1. The van der Waals surface area contributed by atoms with E-state index in [4.69, 9.17) is 0 Å². The molecule has 2 unspecified atom stereocenters. The van der Waals surface area contributed by atoms with Gasteiger partial charge in [-0.05, 0) is 30.7 Å². The zero-order valence-electron chi connectivity index (χ0n) is 10.2. The van der Waals surface area contributed by atoms with Gasteiger partial charge in [0, 0.05) is 16.9 Å². The minimum Gasteiger partial charge on any atom is -0.348 e. The predicted octanol–water partition coefficient (Wildman–Crippen LogP) is 3.09. The Kier molecular flexibility index (Phi) is 4.49. The van der Waals surface area contributed by atoms with Crippen LogP contribution in [-0.4, -0.2) is 23.0 Å². The summed E-state index contributed by atoms with van der Waals surface area (Å²) < 4.78 is 0. The van der Waals surface area contributed by atoms with E-state index in [1.54, 1.807) is 0 Å². The van der Waals surface area contributed by atoms with Crippen molar-refractivity contribution in [3.8, 4) is 0 Å². The molecular weight excluding hydrogens is 230 g/mol. The quantitative estimate of drug-likeness (QED) is 0.888. The molecule has 0 aliphatic heterocycles. The van der Waals surface area contributed by atoms with Crippen LogP contribution in [0, 0.1) is 0 Å². The van der Waals surface area contributed by atoms with Gasteiger partial charge in [-0.15, -0.1) is 0 Å². The molecule has 1 aromatic rings. The Labute approximate surface area is 107 Å². The third-order valence-corrected chi connectivity index (χ3v) is 4.51. The summed E-state index contributed by atoms with van der Waals surface area (Å²) >= 11 is 1.97. The summed E-state index contributed by atoms with van der Waals surface area (Å²) in [5.74, 6) is 1.20. The number of rotatable bonds is 4. The summed E-state index contributed by atoms with van der Waals surface area (Å²) in [7, 11) is 0. The van der Waals surface area contributed by atoms with E-state index >= 15 is 0 Å². The van der Waals surface area contributed by atoms with E-state index in [9.17, 15) is 4.79 Å². The molecule has 0 bridgehead atoms. The average Bonchev–Trinajstić information content (AvgIpc) is 2.78. The fourth-order valence-electron chi connectivity index (χ4n) is 2.35. The van der Waals surface area contributed by atoms with E-state index in [1.807, 2.05) is 42.1 Å². The lowest BCUT2D eigenvalue weighted by molar-refractivity contribution is 0.0938. The second-order valence-corrected chi connectivity index (χ2v) is 5.89. The Balaban J connectivity index is 1.94. The molecule has 1 N–H and O–H groups in total. The second kappa shape index (κ2) is 6.10. The summed E-state index contributed by atoms with van der Waals surface area (Å²) in [6.45, 7) is 2.18. The van der Waals surface area contributed by atoms with Gasteiger partial charge in [0.25, 0.3) is 5.91 Å². The van der Waals surface area contributed by atoms with Crippen molar-refractivity contribution in [3.05, 3.63) is 35.9 Å². The van der Waals surface area contributed by atoms with Crippen LogP contribution in [0.15, 0.2) is 30.3 Å². The summed E-state index contributed by atoms with van der Waals surface area (Å²) in [5, 5.41) is 3.77. The second-order valence-electron chi connectivity index (χ2n) is 4.37. The molecule has 0 spiro atoms. The smallest absolute Gasteiger partial charge is 0.251 e. The van der Waals surface area contributed by atoms with Gasteiger partial charge in [0.05, 0.1) is 0 Å². The first-order valence-electron chi connectivity index (χ1n) is 6.28. The van der Waals surface area contributed by atoms with E-state index in [2.05, 4.69) is 12.2 Å². The molecule has 1 aromatic carbocycles. The minimum atomic E-state index is 0.0687. The van der Waals surface area contributed by atoms with Gasteiger partial charge in [-0.25, -0.2) is 0 Å². The summed E-state index contributed by atoms with van der Waals surface area (Å²) in [4.78, 5) is 12.0. The Morgan fingerprint density at radius 2 is 2.12 bits per heavy atom. The lowest BCUT2D eigenvalue weighted by Gasteiger charge is -2.20. The standard InChI is InChI=1S/C14H19NOS/c1-2-17-13-10-6-9-12(13)15-14(16)11-7-4-3-5-8-11/h3-5,7-8,12-13H,2,6,9-10H2,1H3,(H,15,16). The molecule has 2 rings (SSSR count). The van der Waals surface area contributed by atoms with Crippen molar-refractivity contribution in [1.29, 1.82) is 0 Å². The van der Waals surface area contributed by atoms with E-state index in [1.165, 1.54) is 12.8 Å². The average molecular weight is 249 g/mol. The van der Waals surface area contributed by atoms with Crippen LogP contribution in [0.25, 0.3) is 0 Å². The van der Waals surface area contributed by atoms with Crippen molar-refractivity contribution in [2.75, 3.05) is 5.75 Å². The molecular formula is C14H19NOS. The molecule has 1 saturated carbocycles. The van der Waals surface area contributed by atoms with Crippen LogP contribution >= 0.6 is 11.8 Å². The van der Waals surface area contributed by atoms with Crippen molar-refractivity contribution in [2.24, 2.45) is 0 Å². The first-order chi connectivity index (χ1) is 8.31. The molecule has 92 valence electrons. The number of amides is 1. The van der Waals surface area contributed by atoms with Crippen molar-refractivity contribution in [1.82, 2.24) is 5.32 Å². The van der Waals surface area contributed by atoms with Crippen LogP contribution < -0.4 is 5.32 Å². The fourth-order valence-corrected chi connectivity index (χ4v) is 3.54. The lowest BCUT2D eigenvalue weighted by Crippen LogP contribution is -2.38. The third kappa shape index (κ3) is 3.25. The highest BCUT2D eigenvalue weighted by Crippen LogP contribution is 2.29. The number of carbonyl (C=O) groups excluding carboxylic acids is 1. The van der Waals surface area contributed by atoms with Gasteiger partial charge >= 0.3 is 0 Å². The molecule has 1 amide bonds. The first-order valence-corrected chi connectivity index (χ1v) is 7.33. The van der Waals surface area contributed by atoms with Crippen LogP contribution in [0.1, 0.15) is 36.5 Å². The molecule has 0 saturated heterocycles. The van der Waals surface area contributed by atoms with Crippen LogP contribution in [0.3, 0.4) is 0 Å². The summed E-state index contributed by atoms with van der Waals surface area (Å²) in [6, 6.07) is 9.83. The van der Waals surface area contributed by atoms with Crippen LogP contribution in [0.2, 0.25) is 0 Å². The fraction of sp³-hybridized carbons (Fsp3) is 0.500. The lowest BCUT2D eigenvalue weighted by atomic mass is 10.2. The monoisotopic (exact) mass is 249 g/mol. The first kappa shape index (κ1) is 12.5. The maximum absolute atomic E-state index is 12.0. The Morgan fingerprint density at radius 3 is 2.82 bits per heavy atom. The number of thioether (sulfide) groups is 1. The van der Waals surface area contributed by atoms with E-state index in [0.29, 0.717) is 11.3 Å². The highest BCUT2D eigenvalue weighted by Gasteiger charge is 2.28. The molecule has 17 heavy (non-hydrogen) atoms. The van der Waals surface area contributed by atoms with Crippen molar-refractivity contribution in [3.63, 3.8) is 0 Å². The Morgan fingerprint density at radius 1 is 1.35 bits per heavy atom. The van der Waals surface area contributed by atoms with Gasteiger partial charge in [0.1, 0.15) is 0 Å². The number of nitrogens with one attached hydrogen (secondary N) is 1. The highest BCUT2D eigenvalue weighted by atomic mass is 32.2. The molecule has 0 heterocycles. The Hall–Kier alpha value is -0.960. The number of benzene rings is 1.